The Kier molecular flexibility index (Phi) is 4.44. The van der Waals surface area contributed by atoms with E-state index in [0.29, 0.717) is 16.8 Å². The van der Waals surface area contributed by atoms with Crippen LogP contribution in [0, 0.1) is 0 Å². The molecule has 4 aromatic rings. The molecule has 2 aromatic carbocycles. The number of aromatic nitrogens is 2. The smallest absolute Gasteiger partial charge is 0.348 e. The van der Waals surface area contributed by atoms with E-state index in [1.54, 1.807) is 54.7 Å². The molecule has 5 heteroatoms. The van der Waals surface area contributed by atoms with E-state index in [9.17, 15) is 9.90 Å². The predicted molar refractivity (Wildman–Crippen MR) is 101 cm³/mol. The van der Waals surface area contributed by atoms with Gasteiger partial charge in [0, 0.05) is 12.4 Å². The van der Waals surface area contributed by atoms with Crippen molar-refractivity contribution < 1.29 is 14.6 Å². The second kappa shape index (κ2) is 7.05. The molecule has 0 saturated carbocycles. The highest BCUT2D eigenvalue weighted by atomic mass is 16.5. The first-order valence-electron chi connectivity index (χ1n) is 8.61. The van der Waals surface area contributed by atoms with E-state index in [-0.39, 0.29) is 6.61 Å². The molecule has 27 heavy (non-hydrogen) atoms. The Bertz CT molecular complexity index is 986. The lowest BCUT2D eigenvalue weighted by molar-refractivity contribution is -0.163. The number of aliphatic hydroxyl groups is 1. The Hall–Kier alpha value is -3.44. The van der Waals surface area contributed by atoms with Crippen molar-refractivity contribution in [3.05, 3.63) is 108 Å². The third kappa shape index (κ3) is 3.20. The van der Waals surface area contributed by atoms with Crippen LogP contribution in [-0.4, -0.2) is 20.5 Å². The molecule has 0 radical (unpaired) electrons. The van der Waals surface area contributed by atoms with Gasteiger partial charge >= 0.3 is 5.97 Å². The number of rotatable bonds is 5. The number of hydrogen-bond donors (Lipinski definition) is 1. The summed E-state index contributed by atoms with van der Waals surface area (Å²) in [6.07, 6.45) is 3.67. The van der Waals surface area contributed by atoms with Gasteiger partial charge in [-0.1, -0.05) is 66.7 Å². The molecule has 0 fully saturated rings. The van der Waals surface area contributed by atoms with E-state index in [4.69, 9.17) is 4.74 Å². The van der Waals surface area contributed by atoms with Crippen LogP contribution >= 0.6 is 0 Å². The van der Waals surface area contributed by atoms with Gasteiger partial charge in [0.1, 0.15) is 12.3 Å². The average molecular weight is 358 g/mol. The van der Waals surface area contributed by atoms with Crippen molar-refractivity contribution in [3.8, 4) is 0 Å². The zero-order valence-electron chi connectivity index (χ0n) is 14.5. The highest BCUT2D eigenvalue weighted by Gasteiger charge is 2.41. The molecule has 0 saturated heterocycles. The number of carbonyl (C=O) groups is 1. The summed E-state index contributed by atoms with van der Waals surface area (Å²) in [5.41, 5.74) is 0.400. The highest BCUT2D eigenvalue weighted by Crippen LogP contribution is 2.31. The lowest BCUT2D eigenvalue weighted by Gasteiger charge is -2.26. The van der Waals surface area contributed by atoms with Crippen LogP contribution in [0.2, 0.25) is 0 Å². The second-order valence-corrected chi connectivity index (χ2v) is 6.22. The fourth-order valence-electron chi connectivity index (χ4n) is 3.06. The topological polar surface area (TPSA) is 63.8 Å². The van der Waals surface area contributed by atoms with Gasteiger partial charge < -0.3 is 14.2 Å². The van der Waals surface area contributed by atoms with Crippen LogP contribution in [0.25, 0.3) is 5.65 Å². The molecule has 0 aliphatic heterocycles. The maximum absolute atomic E-state index is 12.9. The van der Waals surface area contributed by atoms with Gasteiger partial charge in [0.25, 0.3) is 0 Å². The quantitative estimate of drug-likeness (QED) is 0.556. The summed E-state index contributed by atoms with van der Waals surface area (Å²) in [7, 11) is 0. The first-order valence-corrected chi connectivity index (χ1v) is 8.61. The molecule has 0 atom stereocenters. The number of pyridine rings is 1. The first-order chi connectivity index (χ1) is 13.2. The van der Waals surface area contributed by atoms with E-state index >= 15 is 0 Å². The molecule has 5 nitrogen and oxygen atoms in total. The lowest BCUT2D eigenvalue weighted by Crippen LogP contribution is -2.38. The third-order valence-corrected chi connectivity index (χ3v) is 4.44. The number of esters is 1. The second-order valence-electron chi connectivity index (χ2n) is 6.22. The van der Waals surface area contributed by atoms with Crippen molar-refractivity contribution in [3.63, 3.8) is 0 Å². The molecule has 2 aromatic heterocycles. The molecule has 4 rings (SSSR count). The van der Waals surface area contributed by atoms with Crippen molar-refractivity contribution in [2.75, 3.05) is 0 Å². The van der Waals surface area contributed by atoms with Crippen molar-refractivity contribution in [1.29, 1.82) is 0 Å². The minimum absolute atomic E-state index is 0.0253. The minimum atomic E-state index is -1.89. The van der Waals surface area contributed by atoms with Crippen molar-refractivity contribution >= 4 is 11.6 Å². The van der Waals surface area contributed by atoms with E-state index in [1.165, 1.54) is 0 Å². The monoisotopic (exact) mass is 358 g/mol. The lowest BCUT2D eigenvalue weighted by atomic mass is 9.86. The molecule has 0 bridgehead atoms. The number of imidazole rings is 1. The predicted octanol–water partition coefficient (Wildman–Crippen LogP) is 3.31. The summed E-state index contributed by atoms with van der Waals surface area (Å²) in [6, 6.07) is 23.3. The number of hydrogen-bond acceptors (Lipinski definition) is 4. The van der Waals surface area contributed by atoms with Crippen LogP contribution in [0.1, 0.15) is 16.8 Å². The average Bonchev–Trinajstić information content (AvgIpc) is 3.15. The van der Waals surface area contributed by atoms with Crippen LogP contribution in [0.3, 0.4) is 0 Å². The summed E-state index contributed by atoms with van der Waals surface area (Å²) in [4.78, 5) is 17.4. The largest absolute Gasteiger partial charge is 0.456 e. The van der Waals surface area contributed by atoms with Crippen molar-refractivity contribution in [1.82, 2.24) is 9.38 Å². The van der Waals surface area contributed by atoms with Crippen molar-refractivity contribution in [2.24, 2.45) is 0 Å². The normalized spacial score (nSPS) is 11.4. The van der Waals surface area contributed by atoms with Crippen LogP contribution in [0.5, 0.6) is 0 Å². The summed E-state index contributed by atoms with van der Waals surface area (Å²) in [5.74, 6) is -0.739. The third-order valence-electron chi connectivity index (χ3n) is 4.44. The number of nitrogens with zero attached hydrogens (tertiary/aromatic N) is 2. The standard InChI is InChI=1S/C22H18N2O3/c25-21(27-16-19-15-24-14-8-7-13-20(24)23-19)22(26,17-9-3-1-4-10-17)18-11-5-2-6-12-18/h1-15,26H,16H2. The van der Waals surface area contributed by atoms with Crippen molar-refractivity contribution in [2.45, 2.75) is 12.2 Å². The maximum atomic E-state index is 12.9. The Morgan fingerprint density at radius 3 is 2.11 bits per heavy atom. The molecule has 2 heterocycles. The highest BCUT2D eigenvalue weighted by molar-refractivity contribution is 5.85. The molecule has 0 spiro atoms. The number of fused-ring (bicyclic) bond motifs is 1. The summed E-state index contributed by atoms with van der Waals surface area (Å²) in [5, 5.41) is 11.3. The maximum Gasteiger partial charge on any atom is 0.348 e. The SMILES string of the molecule is O=C(OCc1cn2ccccc2n1)C(O)(c1ccccc1)c1ccccc1. The number of carbonyl (C=O) groups excluding carboxylic acids is 1. The van der Waals surface area contributed by atoms with Gasteiger partial charge in [-0.05, 0) is 23.3 Å². The molecule has 0 aliphatic rings. The van der Waals surface area contributed by atoms with Crippen LogP contribution in [0.4, 0.5) is 0 Å². The minimum Gasteiger partial charge on any atom is -0.456 e. The van der Waals surface area contributed by atoms with Gasteiger partial charge in [-0.2, -0.15) is 0 Å². The van der Waals surface area contributed by atoms with Gasteiger partial charge in [-0.3, -0.25) is 0 Å². The Balaban J connectivity index is 1.63. The zero-order valence-corrected chi connectivity index (χ0v) is 14.5. The molecule has 0 aliphatic carbocycles. The molecule has 134 valence electrons. The van der Waals surface area contributed by atoms with E-state index < -0.39 is 11.6 Å². The van der Waals surface area contributed by atoms with E-state index in [1.807, 2.05) is 40.9 Å². The van der Waals surface area contributed by atoms with Crippen LogP contribution < -0.4 is 0 Å². The van der Waals surface area contributed by atoms with Gasteiger partial charge in [0.15, 0.2) is 0 Å². The zero-order chi connectivity index (χ0) is 18.7. The molecule has 1 N–H and O–H groups in total. The Labute approximate surface area is 156 Å². The van der Waals surface area contributed by atoms with Crippen LogP contribution in [0.15, 0.2) is 91.3 Å². The van der Waals surface area contributed by atoms with E-state index in [2.05, 4.69) is 4.98 Å². The fourth-order valence-corrected chi connectivity index (χ4v) is 3.06. The number of ether oxygens (including phenoxy) is 1. The summed E-state index contributed by atoms with van der Waals surface area (Å²) in [6.45, 7) is -0.0253. The van der Waals surface area contributed by atoms with Gasteiger partial charge in [-0.25, -0.2) is 9.78 Å². The molecular weight excluding hydrogens is 340 g/mol. The van der Waals surface area contributed by atoms with Gasteiger partial charge in [0.2, 0.25) is 5.60 Å². The first kappa shape index (κ1) is 17.0. The molecule has 0 unspecified atom stereocenters. The Morgan fingerprint density at radius 1 is 0.926 bits per heavy atom. The fraction of sp³-hybridized carbons (Fsp3) is 0.0909. The van der Waals surface area contributed by atoms with Gasteiger partial charge in [-0.15, -0.1) is 0 Å². The summed E-state index contributed by atoms with van der Waals surface area (Å²) >= 11 is 0. The van der Waals surface area contributed by atoms with Gasteiger partial charge in [0.05, 0.1) is 5.69 Å². The molecular formula is C22H18N2O3. The van der Waals surface area contributed by atoms with Crippen LogP contribution in [-0.2, 0) is 21.7 Å². The number of benzene rings is 2. The summed E-state index contributed by atoms with van der Waals surface area (Å²) < 4.78 is 7.32. The van der Waals surface area contributed by atoms with E-state index in [0.717, 1.165) is 5.65 Å². The molecule has 0 amide bonds. The Morgan fingerprint density at radius 2 is 1.52 bits per heavy atom.